The Hall–Kier alpha value is -3.30. The maximum Gasteiger partial charge on any atom is 0.222 e. The SMILES string of the molecule is COc1ncncc1C(O)(c1ccc(-c2ccc(C(C)(C)C#N)cc2)cn1)C(C)(C)C. The van der Waals surface area contributed by atoms with Crippen LogP contribution in [0.15, 0.2) is 55.1 Å². The highest BCUT2D eigenvalue weighted by Gasteiger charge is 2.47. The summed E-state index contributed by atoms with van der Waals surface area (Å²) in [5.74, 6) is 0.314. The van der Waals surface area contributed by atoms with Gasteiger partial charge >= 0.3 is 0 Å². The first-order valence-corrected chi connectivity index (χ1v) is 10.1. The molecule has 3 rings (SSSR count). The van der Waals surface area contributed by atoms with Gasteiger partial charge in [-0.1, -0.05) is 51.1 Å². The van der Waals surface area contributed by atoms with Crippen LogP contribution in [-0.4, -0.2) is 27.2 Å². The van der Waals surface area contributed by atoms with Crippen molar-refractivity contribution in [1.82, 2.24) is 15.0 Å². The Morgan fingerprint density at radius 1 is 0.903 bits per heavy atom. The highest BCUT2D eigenvalue weighted by molar-refractivity contribution is 5.63. The predicted molar refractivity (Wildman–Crippen MR) is 119 cm³/mol. The lowest BCUT2D eigenvalue weighted by molar-refractivity contribution is -0.0319. The molecular weight excluding hydrogens is 388 g/mol. The topological polar surface area (TPSA) is 91.9 Å². The number of nitriles is 1. The molecule has 1 aromatic carbocycles. The molecule has 31 heavy (non-hydrogen) atoms. The molecule has 0 amide bonds. The molecule has 0 fully saturated rings. The van der Waals surface area contributed by atoms with Gasteiger partial charge in [-0.15, -0.1) is 0 Å². The van der Waals surface area contributed by atoms with Crippen LogP contribution in [0.3, 0.4) is 0 Å². The summed E-state index contributed by atoms with van der Waals surface area (Å²) >= 11 is 0. The van der Waals surface area contributed by atoms with Gasteiger partial charge in [0.15, 0.2) is 0 Å². The van der Waals surface area contributed by atoms with Crippen molar-refractivity contribution >= 4 is 0 Å². The van der Waals surface area contributed by atoms with Crippen molar-refractivity contribution in [1.29, 1.82) is 5.26 Å². The summed E-state index contributed by atoms with van der Waals surface area (Å²) in [6.45, 7) is 9.60. The molecule has 2 heterocycles. The van der Waals surface area contributed by atoms with E-state index < -0.39 is 16.4 Å². The van der Waals surface area contributed by atoms with Crippen LogP contribution >= 0.6 is 0 Å². The second-order valence-corrected chi connectivity index (χ2v) is 9.15. The van der Waals surface area contributed by atoms with Crippen molar-refractivity contribution in [2.24, 2.45) is 5.41 Å². The average molecular weight is 417 g/mol. The van der Waals surface area contributed by atoms with E-state index in [0.29, 0.717) is 17.1 Å². The summed E-state index contributed by atoms with van der Waals surface area (Å²) in [5.41, 5.74) is 1.20. The molecule has 3 aromatic rings. The first kappa shape index (κ1) is 22.4. The van der Waals surface area contributed by atoms with E-state index in [1.807, 2.05) is 71.0 Å². The number of ether oxygens (including phenoxy) is 1. The highest BCUT2D eigenvalue weighted by Crippen LogP contribution is 2.46. The highest BCUT2D eigenvalue weighted by atomic mass is 16.5. The molecule has 6 nitrogen and oxygen atoms in total. The van der Waals surface area contributed by atoms with E-state index in [0.717, 1.165) is 16.7 Å². The lowest BCUT2D eigenvalue weighted by Crippen LogP contribution is -2.42. The van der Waals surface area contributed by atoms with Crippen molar-refractivity contribution in [3.63, 3.8) is 0 Å². The standard InChI is InChI=1S/C25H28N4O2/c1-23(2,3)25(30,20-14-27-16-29-22(20)31-6)21-12-9-18(13-28-21)17-7-10-19(11-8-17)24(4,5)15-26/h7-14,16,30H,1-6H3. The lowest BCUT2D eigenvalue weighted by Gasteiger charge is -2.40. The summed E-state index contributed by atoms with van der Waals surface area (Å²) in [6.07, 6.45) is 4.70. The summed E-state index contributed by atoms with van der Waals surface area (Å²) in [6, 6.07) is 14.0. The number of hydrogen-bond acceptors (Lipinski definition) is 6. The normalized spacial score (nSPS) is 13.9. The van der Waals surface area contributed by atoms with E-state index in [1.165, 1.54) is 13.4 Å². The second kappa shape index (κ2) is 8.09. The molecule has 1 N–H and O–H groups in total. The van der Waals surface area contributed by atoms with Gasteiger partial charge in [0.1, 0.15) is 11.9 Å². The second-order valence-electron chi connectivity index (χ2n) is 9.15. The molecule has 0 saturated carbocycles. The molecule has 0 radical (unpaired) electrons. The van der Waals surface area contributed by atoms with Gasteiger partial charge in [0.05, 0.1) is 29.9 Å². The number of aliphatic hydroxyl groups is 1. The molecule has 0 spiro atoms. The summed E-state index contributed by atoms with van der Waals surface area (Å²) in [7, 11) is 1.52. The number of aromatic nitrogens is 3. The van der Waals surface area contributed by atoms with Gasteiger partial charge in [0.2, 0.25) is 5.88 Å². The fraction of sp³-hybridized carbons (Fsp3) is 0.360. The van der Waals surface area contributed by atoms with E-state index in [4.69, 9.17) is 4.74 Å². The number of nitrogens with zero attached hydrogens (tertiary/aromatic N) is 4. The third kappa shape index (κ3) is 4.01. The Balaban J connectivity index is 2.03. The molecular formula is C25H28N4O2. The van der Waals surface area contributed by atoms with Gasteiger partial charge in [0, 0.05) is 23.4 Å². The van der Waals surface area contributed by atoms with Crippen LogP contribution in [0.1, 0.15) is 51.4 Å². The van der Waals surface area contributed by atoms with Crippen molar-refractivity contribution in [3.05, 3.63) is 71.9 Å². The maximum absolute atomic E-state index is 11.9. The Labute approximate surface area is 183 Å². The van der Waals surface area contributed by atoms with Crippen LogP contribution in [0.5, 0.6) is 5.88 Å². The Kier molecular flexibility index (Phi) is 5.84. The Morgan fingerprint density at radius 3 is 2.06 bits per heavy atom. The van der Waals surface area contributed by atoms with Crippen molar-refractivity contribution < 1.29 is 9.84 Å². The fourth-order valence-corrected chi connectivity index (χ4v) is 3.58. The van der Waals surface area contributed by atoms with Gasteiger partial charge in [-0.2, -0.15) is 5.26 Å². The maximum atomic E-state index is 11.9. The molecule has 0 aliphatic rings. The number of pyridine rings is 1. The fourth-order valence-electron chi connectivity index (χ4n) is 3.58. The van der Waals surface area contributed by atoms with Crippen molar-refractivity contribution in [2.75, 3.05) is 7.11 Å². The lowest BCUT2D eigenvalue weighted by atomic mass is 9.70. The predicted octanol–water partition coefficient (Wildman–Crippen LogP) is 4.63. The molecule has 0 saturated heterocycles. The van der Waals surface area contributed by atoms with Gasteiger partial charge in [-0.05, 0) is 31.0 Å². The number of benzene rings is 1. The smallest absolute Gasteiger partial charge is 0.222 e. The zero-order valence-electron chi connectivity index (χ0n) is 18.8. The van der Waals surface area contributed by atoms with Crippen LogP contribution in [0, 0.1) is 16.7 Å². The number of methoxy groups -OCH3 is 1. The van der Waals surface area contributed by atoms with Crippen LogP contribution < -0.4 is 4.74 Å². The Morgan fingerprint density at radius 2 is 1.55 bits per heavy atom. The zero-order valence-corrected chi connectivity index (χ0v) is 18.8. The van der Waals surface area contributed by atoms with Gasteiger partial charge in [0.25, 0.3) is 0 Å². The van der Waals surface area contributed by atoms with E-state index in [1.54, 1.807) is 12.4 Å². The molecule has 0 bridgehead atoms. The monoisotopic (exact) mass is 416 g/mol. The molecule has 1 atom stereocenters. The molecule has 6 heteroatoms. The van der Waals surface area contributed by atoms with E-state index >= 15 is 0 Å². The quantitative estimate of drug-likeness (QED) is 0.652. The van der Waals surface area contributed by atoms with Gasteiger partial charge in [-0.25, -0.2) is 9.97 Å². The molecule has 160 valence electrons. The van der Waals surface area contributed by atoms with E-state index in [2.05, 4.69) is 21.0 Å². The van der Waals surface area contributed by atoms with Gasteiger partial charge in [-0.3, -0.25) is 4.98 Å². The van der Waals surface area contributed by atoms with Crippen molar-refractivity contribution in [2.45, 2.75) is 45.6 Å². The average Bonchev–Trinajstić information content (AvgIpc) is 2.78. The third-order valence-electron chi connectivity index (χ3n) is 5.70. The minimum absolute atomic E-state index is 0.314. The zero-order chi connectivity index (χ0) is 22.9. The Bertz CT molecular complexity index is 1090. The molecule has 1 unspecified atom stereocenters. The minimum atomic E-state index is -1.46. The summed E-state index contributed by atoms with van der Waals surface area (Å²) in [5, 5.41) is 21.2. The van der Waals surface area contributed by atoms with Crippen molar-refractivity contribution in [3.8, 4) is 23.1 Å². The molecule has 0 aliphatic carbocycles. The van der Waals surface area contributed by atoms with E-state index in [-0.39, 0.29) is 0 Å². The number of rotatable bonds is 5. The first-order chi connectivity index (χ1) is 14.5. The summed E-state index contributed by atoms with van der Waals surface area (Å²) in [4.78, 5) is 12.9. The van der Waals surface area contributed by atoms with Crippen LogP contribution in [-0.2, 0) is 11.0 Å². The largest absolute Gasteiger partial charge is 0.481 e. The van der Waals surface area contributed by atoms with E-state index in [9.17, 15) is 10.4 Å². The molecule has 0 aliphatic heterocycles. The van der Waals surface area contributed by atoms with Crippen LogP contribution in [0.4, 0.5) is 0 Å². The number of hydrogen-bond donors (Lipinski definition) is 1. The van der Waals surface area contributed by atoms with Crippen LogP contribution in [0.25, 0.3) is 11.1 Å². The molecule has 2 aromatic heterocycles. The van der Waals surface area contributed by atoms with Crippen LogP contribution in [0.2, 0.25) is 0 Å². The summed E-state index contributed by atoms with van der Waals surface area (Å²) < 4.78 is 5.39. The first-order valence-electron chi connectivity index (χ1n) is 10.1. The third-order valence-corrected chi connectivity index (χ3v) is 5.70. The van der Waals surface area contributed by atoms with Gasteiger partial charge < -0.3 is 9.84 Å². The minimum Gasteiger partial charge on any atom is -0.481 e.